The number of benzene rings is 3. The Morgan fingerprint density at radius 2 is 1.15 bits per heavy atom. The fourth-order valence-electron chi connectivity index (χ4n) is 3.01. The lowest BCUT2D eigenvalue weighted by Gasteiger charge is -2.18. The Kier molecular flexibility index (Phi) is 7.87. The lowest BCUT2D eigenvalue weighted by Crippen LogP contribution is -2.20. The minimum Gasteiger partial charge on any atom is -0.0883 e. The highest BCUT2D eigenvalue weighted by Crippen LogP contribution is 2.35. The van der Waals surface area contributed by atoms with E-state index in [1.54, 1.807) is 5.57 Å². The van der Waals surface area contributed by atoms with Gasteiger partial charge in [-0.1, -0.05) is 119 Å². The van der Waals surface area contributed by atoms with Gasteiger partial charge in [-0.2, -0.15) is 0 Å². The van der Waals surface area contributed by atoms with Gasteiger partial charge in [-0.05, 0) is 49.5 Å². The molecular weight excluding hydrogens is 411 g/mol. The molecule has 0 N–H and O–H groups in total. The number of alkyl halides is 1. The summed E-state index contributed by atoms with van der Waals surface area (Å²) >= 11 is 3.37. The average Bonchev–Trinajstić information content (AvgIpc) is 3.57. The van der Waals surface area contributed by atoms with Gasteiger partial charge in [-0.15, -0.1) is 0 Å². The van der Waals surface area contributed by atoms with Crippen molar-refractivity contribution in [2.24, 2.45) is 5.92 Å². The van der Waals surface area contributed by atoms with Crippen LogP contribution in [0.2, 0.25) is 0 Å². The summed E-state index contributed by atoms with van der Waals surface area (Å²) in [6.07, 6.45) is 5.11. The Labute approximate surface area is 173 Å². The van der Waals surface area contributed by atoms with E-state index in [9.17, 15) is 0 Å². The van der Waals surface area contributed by atoms with Gasteiger partial charge in [0.15, 0.2) is 0 Å². The average molecular weight is 437 g/mol. The van der Waals surface area contributed by atoms with E-state index in [4.69, 9.17) is 0 Å². The molecule has 1 aliphatic carbocycles. The summed E-state index contributed by atoms with van der Waals surface area (Å²) < 4.78 is 0. The third kappa shape index (κ3) is 6.16. The van der Waals surface area contributed by atoms with E-state index in [0.29, 0.717) is 0 Å². The van der Waals surface area contributed by atoms with Gasteiger partial charge in [0.1, 0.15) is 0 Å². The molecule has 0 radical (unpaired) electrons. The third-order valence-electron chi connectivity index (χ3n) is 4.66. The van der Waals surface area contributed by atoms with Crippen molar-refractivity contribution < 1.29 is 0 Å². The highest BCUT2D eigenvalue weighted by Gasteiger charge is 2.22. The molecule has 1 aliphatic rings. The summed E-state index contributed by atoms with van der Waals surface area (Å²) in [7, 11) is -0.446. The second-order valence-electron chi connectivity index (χ2n) is 6.72. The zero-order valence-corrected chi connectivity index (χ0v) is 18.2. The van der Waals surface area contributed by atoms with Crippen LogP contribution in [-0.4, -0.2) is 5.33 Å². The summed E-state index contributed by atoms with van der Waals surface area (Å²) in [6, 6.07) is 32.3. The predicted molar refractivity (Wildman–Crippen MR) is 125 cm³/mol. The molecule has 0 aromatic heterocycles. The normalized spacial score (nSPS) is 13.8. The van der Waals surface area contributed by atoms with Gasteiger partial charge in [0, 0.05) is 5.33 Å². The maximum atomic E-state index is 3.37. The fourth-order valence-corrected chi connectivity index (χ4v) is 5.82. The van der Waals surface area contributed by atoms with Crippen molar-refractivity contribution >= 4 is 39.8 Å². The molecule has 0 nitrogen and oxygen atoms in total. The van der Waals surface area contributed by atoms with Crippen LogP contribution in [0.1, 0.15) is 19.8 Å². The largest absolute Gasteiger partial charge is 0.0883 e. The van der Waals surface area contributed by atoms with Gasteiger partial charge in [0.2, 0.25) is 0 Å². The van der Waals surface area contributed by atoms with Gasteiger partial charge < -0.3 is 0 Å². The Bertz CT molecular complexity index is 730. The first-order valence-electron chi connectivity index (χ1n) is 9.47. The summed E-state index contributed by atoms with van der Waals surface area (Å²) in [5.41, 5.74) is 1.57. The molecule has 0 heterocycles. The van der Waals surface area contributed by atoms with E-state index < -0.39 is 7.92 Å². The van der Waals surface area contributed by atoms with Crippen molar-refractivity contribution in [1.82, 2.24) is 0 Å². The van der Waals surface area contributed by atoms with E-state index in [2.05, 4.69) is 120 Å². The minimum absolute atomic E-state index is 0.446. The molecule has 0 atom stereocenters. The molecule has 0 saturated heterocycles. The van der Waals surface area contributed by atoms with Crippen LogP contribution >= 0.6 is 23.9 Å². The molecule has 0 aliphatic heterocycles. The number of hydrogen-bond donors (Lipinski definition) is 0. The van der Waals surface area contributed by atoms with E-state index in [0.717, 1.165) is 11.2 Å². The molecule has 2 heteroatoms. The summed E-state index contributed by atoms with van der Waals surface area (Å²) in [4.78, 5) is 0. The molecule has 0 bridgehead atoms. The lowest BCUT2D eigenvalue weighted by atomic mass is 10.2. The molecule has 3 aromatic carbocycles. The first kappa shape index (κ1) is 20.1. The summed E-state index contributed by atoms with van der Waals surface area (Å²) in [5.74, 6) is 0.951. The van der Waals surface area contributed by atoms with Crippen molar-refractivity contribution in [3.63, 3.8) is 0 Å². The molecule has 0 spiro atoms. The van der Waals surface area contributed by atoms with Crippen LogP contribution in [0.25, 0.3) is 0 Å². The van der Waals surface area contributed by atoms with Crippen LogP contribution in [0, 0.1) is 5.92 Å². The standard InChI is InChI=1S/C18H15P.C7H11Br/c1-4-10-16(11-5-1)19(17-12-6-2-7-13-17)18-14-8-3-9-15-18;1-6(4-5-8)7-2-3-7/h1-15H;4,7H,2-3,5H2,1H3/b;6-4+. The van der Waals surface area contributed by atoms with Crippen LogP contribution in [0.4, 0.5) is 0 Å². The van der Waals surface area contributed by atoms with Gasteiger partial charge in [-0.25, -0.2) is 0 Å². The quantitative estimate of drug-likeness (QED) is 0.254. The maximum Gasteiger partial charge on any atom is 0.0214 e. The van der Waals surface area contributed by atoms with Gasteiger partial charge in [0.05, 0.1) is 0 Å². The zero-order chi connectivity index (χ0) is 18.9. The number of halogens is 1. The molecule has 0 unspecified atom stereocenters. The van der Waals surface area contributed by atoms with Gasteiger partial charge in [0.25, 0.3) is 0 Å². The van der Waals surface area contributed by atoms with Crippen LogP contribution in [0.5, 0.6) is 0 Å². The van der Waals surface area contributed by atoms with Crippen molar-refractivity contribution in [2.45, 2.75) is 19.8 Å². The van der Waals surface area contributed by atoms with Crippen molar-refractivity contribution in [3.05, 3.63) is 103 Å². The first-order chi connectivity index (χ1) is 13.3. The monoisotopic (exact) mass is 436 g/mol. The van der Waals surface area contributed by atoms with Crippen LogP contribution < -0.4 is 15.9 Å². The summed E-state index contributed by atoms with van der Waals surface area (Å²) in [5, 5.41) is 5.22. The van der Waals surface area contributed by atoms with Gasteiger partial charge in [-0.3, -0.25) is 0 Å². The highest BCUT2D eigenvalue weighted by atomic mass is 79.9. The maximum absolute atomic E-state index is 3.37. The Hall–Kier alpha value is -1.69. The van der Waals surface area contributed by atoms with Crippen LogP contribution in [-0.2, 0) is 0 Å². The molecular formula is C25H26BrP. The van der Waals surface area contributed by atoms with E-state index in [-0.39, 0.29) is 0 Å². The molecule has 27 heavy (non-hydrogen) atoms. The zero-order valence-electron chi connectivity index (χ0n) is 15.8. The van der Waals surface area contributed by atoms with E-state index in [1.807, 2.05) is 0 Å². The topological polar surface area (TPSA) is 0 Å². The summed E-state index contributed by atoms with van der Waals surface area (Å²) in [6.45, 7) is 2.22. The molecule has 1 saturated carbocycles. The van der Waals surface area contributed by atoms with Gasteiger partial charge >= 0.3 is 0 Å². The van der Waals surface area contributed by atoms with Crippen molar-refractivity contribution in [3.8, 4) is 0 Å². The first-order valence-corrected chi connectivity index (χ1v) is 11.9. The Morgan fingerprint density at radius 1 is 0.778 bits per heavy atom. The minimum atomic E-state index is -0.446. The Morgan fingerprint density at radius 3 is 1.44 bits per heavy atom. The third-order valence-corrected chi connectivity index (χ3v) is 7.43. The molecule has 4 rings (SSSR count). The van der Waals surface area contributed by atoms with E-state index >= 15 is 0 Å². The van der Waals surface area contributed by atoms with Crippen LogP contribution in [0.15, 0.2) is 103 Å². The number of hydrogen-bond acceptors (Lipinski definition) is 0. The second-order valence-corrected chi connectivity index (χ2v) is 9.59. The van der Waals surface area contributed by atoms with E-state index in [1.165, 1.54) is 28.8 Å². The Balaban J connectivity index is 0.000000221. The predicted octanol–water partition coefficient (Wildman–Crippen LogP) is 6.18. The molecule has 0 amide bonds. The highest BCUT2D eigenvalue weighted by molar-refractivity contribution is 9.09. The smallest absolute Gasteiger partial charge is 0.0214 e. The second kappa shape index (κ2) is 10.6. The fraction of sp³-hybridized carbons (Fsp3) is 0.200. The van der Waals surface area contributed by atoms with Crippen molar-refractivity contribution in [2.75, 3.05) is 5.33 Å². The molecule has 1 fully saturated rings. The number of rotatable bonds is 5. The SMILES string of the molecule is C/C(=C\CBr)C1CC1.c1ccc(P(c2ccccc2)c2ccccc2)cc1. The van der Waals surface area contributed by atoms with Crippen molar-refractivity contribution in [1.29, 1.82) is 0 Å². The molecule has 3 aromatic rings. The molecule has 138 valence electrons. The lowest BCUT2D eigenvalue weighted by molar-refractivity contribution is 1.00. The number of allylic oxidation sites excluding steroid dienone is 2. The van der Waals surface area contributed by atoms with Crippen LogP contribution in [0.3, 0.4) is 0 Å².